The number of amides is 2. The third-order valence-corrected chi connectivity index (χ3v) is 3.54. The smallest absolute Gasteiger partial charge is 0.320 e. The summed E-state index contributed by atoms with van der Waals surface area (Å²) in [6.07, 6.45) is 1.64. The molecule has 7 heteroatoms. The molecule has 0 saturated carbocycles. The number of carboxylic acid groups (broad SMARTS) is 1. The second-order valence-electron chi connectivity index (χ2n) is 4.85. The number of ether oxygens (including phenoxy) is 2. The van der Waals surface area contributed by atoms with Gasteiger partial charge in [0.05, 0.1) is 25.9 Å². The van der Waals surface area contributed by atoms with E-state index in [-0.39, 0.29) is 19.2 Å². The second kappa shape index (κ2) is 8.63. The van der Waals surface area contributed by atoms with Gasteiger partial charge in [-0.15, -0.1) is 6.58 Å². The standard InChI is InChI=1S/C14H24N2O5/c1-4-6-15(7-8-20-3)14(19)16(5-2)12-10-21-9-11(12)13(17)18/h4,11-12H,1,5-10H2,2-3H3,(H,17,18). The number of nitrogens with zero attached hydrogens (tertiary/aromatic N) is 2. The summed E-state index contributed by atoms with van der Waals surface area (Å²) >= 11 is 0. The minimum atomic E-state index is -0.934. The number of methoxy groups -OCH3 is 1. The van der Waals surface area contributed by atoms with Gasteiger partial charge in [-0.3, -0.25) is 4.79 Å². The molecule has 2 amide bonds. The highest BCUT2D eigenvalue weighted by Gasteiger charge is 2.40. The van der Waals surface area contributed by atoms with Crippen molar-refractivity contribution < 1.29 is 24.2 Å². The van der Waals surface area contributed by atoms with Gasteiger partial charge in [0.15, 0.2) is 0 Å². The monoisotopic (exact) mass is 300 g/mol. The Morgan fingerprint density at radius 2 is 2.19 bits per heavy atom. The minimum Gasteiger partial charge on any atom is -0.481 e. The molecule has 1 aliphatic rings. The summed E-state index contributed by atoms with van der Waals surface area (Å²) in [5.74, 6) is -1.61. The quantitative estimate of drug-likeness (QED) is 0.666. The van der Waals surface area contributed by atoms with Crippen LogP contribution in [0.4, 0.5) is 4.79 Å². The van der Waals surface area contributed by atoms with E-state index in [0.717, 1.165) is 0 Å². The number of urea groups is 1. The average Bonchev–Trinajstić information content (AvgIpc) is 2.93. The van der Waals surface area contributed by atoms with Crippen molar-refractivity contribution in [3.63, 3.8) is 0 Å². The predicted molar refractivity (Wildman–Crippen MR) is 77.2 cm³/mol. The molecule has 0 aromatic heterocycles. The van der Waals surface area contributed by atoms with Gasteiger partial charge < -0.3 is 24.4 Å². The third-order valence-electron chi connectivity index (χ3n) is 3.54. The molecule has 21 heavy (non-hydrogen) atoms. The first-order valence-electron chi connectivity index (χ1n) is 7.02. The summed E-state index contributed by atoms with van der Waals surface area (Å²) in [7, 11) is 1.57. The van der Waals surface area contributed by atoms with E-state index in [1.807, 2.05) is 6.92 Å². The number of likely N-dealkylation sites (N-methyl/N-ethyl adjacent to an activating group) is 1. The molecule has 1 N–H and O–H groups in total. The summed E-state index contributed by atoms with van der Waals surface area (Å²) in [6.45, 7) is 7.54. The molecule has 120 valence electrons. The summed E-state index contributed by atoms with van der Waals surface area (Å²) in [5.41, 5.74) is 0. The van der Waals surface area contributed by atoms with Crippen molar-refractivity contribution in [1.29, 1.82) is 0 Å². The van der Waals surface area contributed by atoms with Crippen LogP contribution in [0.15, 0.2) is 12.7 Å². The first-order chi connectivity index (χ1) is 10.1. The van der Waals surface area contributed by atoms with Gasteiger partial charge in [0.2, 0.25) is 0 Å². The molecule has 2 atom stereocenters. The number of carboxylic acids is 1. The van der Waals surface area contributed by atoms with Crippen molar-refractivity contribution in [3.8, 4) is 0 Å². The van der Waals surface area contributed by atoms with Gasteiger partial charge in [-0.1, -0.05) is 6.08 Å². The van der Waals surface area contributed by atoms with Crippen molar-refractivity contribution in [1.82, 2.24) is 9.80 Å². The van der Waals surface area contributed by atoms with Crippen molar-refractivity contribution in [2.45, 2.75) is 13.0 Å². The Hall–Kier alpha value is -1.60. The van der Waals surface area contributed by atoms with Crippen molar-refractivity contribution in [2.24, 2.45) is 5.92 Å². The maximum atomic E-state index is 12.6. The van der Waals surface area contributed by atoms with Gasteiger partial charge in [-0.05, 0) is 6.92 Å². The number of carbonyl (C=O) groups is 2. The lowest BCUT2D eigenvalue weighted by molar-refractivity contribution is -0.142. The van der Waals surface area contributed by atoms with Crippen molar-refractivity contribution in [2.75, 3.05) is 46.6 Å². The van der Waals surface area contributed by atoms with E-state index in [4.69, 9.17) is 9.47 Å². The zero-order valence-electron chi connectivity index (χ0n) is 12.7. The third kappa shape index (κ3) is 4.44. The van der Waals surface area contributed by atoms with E-state index >= 15 is 0 Å². The van der Waals surface area contributed by atoms with Crippen LogP contribution in [0.25, 0.3) is 0 Å². The molecule has 7 nitrogen and oxygen atoms in total. The normalized spacial score (nSPS) is 21.0. The fraction of sp³-hybridized carbons (Fsp3) is 0.714. The Balaban J connectivity index is 2.82. The zero-order valence-corrected chi connectivity index (χ0v) is 12.7. The Bertz CT molecular complexity index is 374. The fourth-order valence-corrected chi connectivity index (χ4v) is 2.40. The first-order valence-corrected chi connectivity index (χ1v) is 7.02. The lowest BCUT2D eigenvalue weighted by atomic mass is 10.0. The van der Waals surface area contributed by atoms with Crippen LogP contribution in [0.1, 0.15) is 6.92 Å². The van der Waals surface area contributed by atoms with E-state index in [1.165, 1.54) is 0 Å². The Labute approximate surface area is 125 Å². The Morgan fingerprint density at radius 3 is 2.71 bits per heavy atom. The van der Waals surface area contributed by atoms with Gasteiger partial charge in [0.25, 0.3) is 0 Å². The SMILES string of the molecule is C=CCN(CCOC)C(=O)N(CC)C1COCC1C(=O)O. The Kier molecular flexibility index (Phi) is 7.18. The highest BCUT2D eigenvalue weighted by atomic mass is 16.5. The maximum absolute atomic E-state index is 12.6. The van der Waals surface area contributed by atoms with Crippen LogP contribution in [-0.2, 0) is 14.3 Å². The molecule has 0 aromatic rings. The van der Waals surface area contributed by atoms with Gasteiger partial charge in [0.1, 0.15) is 5.92 Å². The number of hydrogen-bond acceptors (Lipinski definition) is 4. The number of aliphatic carboxylic acids is 1. The van der Waals surface area contributed by atoms with Gasteiger partial charge in [-0.2, -0.15) is 0 Å². The molecule has 0 spiro atoms. The van der Waals surface area contributed by atoms with Crippen LogP contribution in [0, 0.1) is 5.92 Å². The Morgan fingerprint density at radius 1 is 1.48 bits per heavy atom. The van der Waals surface area contributed by atoms with E-state index in [0.29, 0.717) is 26.2 Å². The minimum absolute atomic E-state index is 0.142. The summed E-state index contributed by atoms with van der Waals surface area (Å²) in [6, 6.07) is -0.647. The zero-order chi connectivity index (χ0) is 15.8. The molecule has 0 bridgehead atoms. The van der Waals surface area contributed by atoms with Crippen LogP contribution in [0.2, 0.25) is 0 Å². The van der Waals surface area contributed by atoms with Gasteiger partial charge >= 0.3 is 12.0 Å². The fourth-order valence-electron chi connectivity index (χ4n) is 2.40. The van der Waals surface area contributed by atoms with Crippen LogP contribution in [0.3, 0.4) is 0 Å². The number of carbonyl (C=O) groups excluding carboxylic acids is 1. The summed E-state index contributed by atoms with van der Waals surface area (Å²) in [4.78, 5) is 27.0. The van der Waals surface area contributed by atoms with E-state index in [2.05, 4.69) is 6.58 Å². The maximum Gasteiger partial charge on any atom is 0.320 e. The first kappa shape index (κ1) is 17.5. The van der Waals surface area contributed by atoms with Gasteiger partial charge in [0, 0.05) is 26.7 Å². The lowest BCUT2D eigenvalue weighted by Crippen LogP contribution is -2.52. The van der Waals surface area contributed by atoms with Crippen LogP contribution in [0.5, 0.6) is 0 Å². The van der Waals surface area contributed by atoms with Crippen molar-refractivity contribution >= 4 is 12.0 Å². The number of hydrogen-bond donors (Lipinski definition) is 1. The largest absolute Gasteiger partial charge is 0.481 e. The number of rotatable bonds is 8. The van der Waals surface area contributed by atoms with Crippen molar-refractivity contribution in [3.05, 3.63) is 12.7 Å². The topological polar surface area (TPSA) is 79.3 Å². The van der Waals surface area contributed by atoms with E-state index < -0.39 is 17.9 Å². The lowest BCUT2D eigenvalue weighted by Gasteiger charge is -2.34. The molecule has 1 heterocycles. The molecule has 1 fully saturated rings. The van der Waals surface area contributed by atoms with Crippen LogP contribution >= 0.6 is 0 Å². The molecule has 1 saturated heterocycles. The molecule has 0 radical (unpaired) electrons. The molecule has 2 unspecified atom stereocenters. The highest BCUT2D eigenvalue weighted by molar-refractivity contribution is 5.77. The van der Waals surface area contributed by atoms with Crippen LogP contribution in [-0.4, -0.2) is 79.5 Å². The van der Waals surface area contributed by atoms with Crippen LogP contribution < -0.4 is 0 Å². The molecule has 0 aliphatic carbocycles. The average molecular weight is 300 g/mol. The molecular weight excluding hydrogens is 276 g/mol. The molecule has 0 aromatic carbocycles. The molecular formula is C14H24N2O5. The van der Waals surface area contributed by atoms with E-state index in [1.54, 1.807) is 23.0 Å². The summed E-state index contributed by atoms with van der Waals surface area (Å²) in [5, 5.41) is 9.23. The highest BCUT2D eigenvalue weighted by Crippen LogP contribution is 2.21. The second-order valence-corrected chi connectivity index (χ2v) is 4.85. The molecule has 1 rings (SSSR count). The van der Waals surface area contributed by atoms with Gasteiger partial charge in [-0.25, -0.2) is 4.79 Å². The summed E-state index contributed by atoms with van der Waals surface area (Å²) < 4.78 is 10.2. The van der Waals surface area contributed by atoms with E-state index in [9.17, 15) is 14.7 Å². The molecule has 1 aliphatic heterocycles. The predicted octanol–water partition coefficient (Wildman–Crippen LogP) is 0.662.